The maximum absolute atomic E-state index is 11.6. The van der Waals surface area contributed by atoms with E-state index in [-0.39, 0.29) is 12.1 Å². The monoisotopic (exact) mass is 376 g/mol. The molecule has 0 amide bonds. The first-order valence-corrected chi connectivity index (χ1v) is 10.2. The van der Waals surface area contributed by atoms with Crippen LogP contribution in [0.2, 0.25) is 0 Å². The molecule has 0 saturated heterocycles. The zero-order valence-electron chi connectivity index (χ0n) is 14.6. The second-order valence-corrected chi connectivity index (χ2v) is 7.31. The highest BCUT2D eigenvalue weighted by Gasteiger charge is 2.07. The molecule has 0 rings (SSSR count). The van der Waals surface area contributed by atoms with Crippen molar-refractivity contribution in [2.24, 2.45) is 11.8 Å². The van der Waals surface area contributed by atoms with Gasteiger partial charge in [-0.15, -0.1) is 0 Å². The Morgan fingerprint density at radius 3 is 2.30 bits per heavy atom. The smallest absolute Gasteiger partial charge is 0.331 e. The van der Waals surface area contributed by atoms with Crippen molar-refractivity contribution in [2.75, 3.05) is 17.3 Å². The molecule has 2 nitrogen and oxygen atoms in total. The lowest BCUT2D eigenvalue weighted by atomic mass is 9.96. The molecule has 0 fully saturated rings. The summed E-state index contributed by atoms with van der Waals surface area (Å²) in [6.07, 6.45) is 10.1. The molecule has 0 aliphatic heterocycles. The Hall–Kier alpha value is -0.000000000000000111. The van der Waals surface area contributed by atoms with Crippen LogP contribution in [0, 0.1) is 11.8 Å². The van der Waals surface area contributed by atoms with Crippen LogP contribution in [-0.2, 0) is 9.53 Å². The van der Waals surface area contributed by atoms with Crippen molar-refractivity contribution in [3.05, 3.63) is 23.8 Å². The lowest BCUT2D eigenvalue weighted by Crippen LogP contribution is -2.09. The zero-order chi connectivity index (χ0) is 17.7. The van der Waals surface area contributed by atoms with Gasteiger partial charge in [-0.25, -0.2) is 4.79 Å². The van der Waals surface area contributed by atoms with E-state index in [9.17, 15) is 4.79 Å². The predicted octanol–water partition coefficient (Wildman–Crippen LogP) is 5.02. The van der Waals surface area contributed by atoms with Crippen molar-refractivity contribution in [3.63, 3.8) is 0 Å². The van der Waals surface area contributed by atoms with Crippen LogP contribution in [0.1, 0.15) is 46.5 Å². The average Bonchev–Trinajstić information content (AvgIpc) is 2.51. The molecule has 23 heavy (non-hydrogen) atoms. The van der Waals surface area contributed by atoms with Gasteiger partial charge in [0.1, 0.15) is 0 Å². The van der Waals surface area contributed by atoms with Crippen LogP contribution in [0.25, 0.3) is 0 Å². The van der Waals surface area contributed by atoms with E-state index in [1.54, 1.807) is 0 Å². The van der Waals surface area contributed by atoms with E-state index in [2.05, 4.69) is 50.9 Å². The Morgan fingerprint density at radius 2 is 1.78 bits per heavy atom. The molecule has 0 aliphatic carbocycles. The Morgan fingerprint density at radius 1 is 1.09 bits per heavy atom. The van der Waals surface area contributed by atoms with Crippen LogP contribution < -0.4 is 0 Å². The molecule has 0 aliphatic rings. The van der Waals surface area contributed by atoms with Crippen LogP contribution in [0.3, 0.4) is 0 Å². The van der Waals surface area contributed by atoms with Gasteiger partial charge in [0.2, 0.25) is 0 Å². The first-order chi connectivity index (χ1) is 10.9. The predicted molar refractivity (Wildman–Crippen MR) is 111 cm³/mol. The summed E-state index contributed by atoms with van der Waals surface area (Å²) in [4.78, 5) is 11.6. The summed E-state index contributed by atoms with van der Waals surface area (Å²) in [6.45, 7) is 5.92. The van der Waals surface area contributed by atoms with Crippen LogP contribution in [0.4, 0.5) is 0 Å². The van der Waals surface area contributed by atoms with E-state index in [0.29, 0.717) is 17.6 Å². The minimum Gasteiger partial charge on any atom is -0.460 e. The summed E-state index contributed by atoms with van der Waals surface area (Å²) in [5.41, 5.74) is 0.876. The summed E-state index contributed by atoms with van der Waals surface area (Å²) in [6, 6.07) is 0. The van der Waals surface area contributed by atoms with Gasteiger partial charge in [-0.2, -0.15) is 37.9 Å². The Kier molecular flexibility index (Phi) is 14.4. The lowest BCUT2D eigenvalue weighted by Gasteiger charge is -2.13. The van der Waals surface area contributed by atoms with Crippen molar-refractivity contribution >= 4 is 43.9 Å². The SMILES string of the molecule is CC(CS)CCCC(CS)CC=CC(=CC(=O)OC(C)C)CS. The number of ether oxygens (including phenoxy) is 1. The minimum atomic E-state index is -0.305. The molecule has 0 saturated carbocycles. The molecule has 0 spiro atoms. The third kappa shape index (κ3) is 13.0. The summed E-state index contributed by atoms with van der Waals surface area (Å²) in [5, 5.41) is 0. The van der Waals surface area contributed by atoms with Crippen molar-refractivity contribution in [3.8, 4) is 0 Å². The molecular formula is C18H32O2S3. The maximum Gasteiger partial charge on any atom is 0.331 e. The van der Waals surface area contributed by atoms with E-state index in [4.69, 9.17) is 4.74 Å². The molecule has 134 valence electrons. The molecule has 2 unspecified atom stereocenters. The van der Waals surface area contributed by atoms with Crippen LogP contribution >= 0.6 is 37.9 Å². The van der Waals surface area contributed by atoms with E-state index < -0.39 is 0 Å². The number of carbonyl (C=O) groups excluding carboxylic acids is 1. The topological polar surface area (TPSA) is 26.3 Å². The fourth-order valence-corrected chi connectivity index (χ4v) is 2.82. The van der Waals surface area contributed by atoms with Gasteiger partial charge in [0.25, 0.3) is 0 Å². The number of thiol groups is 3. The Labute approximate surface area is 158 Å². The van der Waals surface area contributed by atoms with Gasteiger partial charge in [-0.3, -0.25) is 0 Å². The van der Waals surface area contributed by atoms with Crippen LogP contribution in [0.5, 0.6) is 0 Å². The van der Waals surface area contributed by atoms with Gasteiger partial charge >= 0.3 is 5.97 Å². The molecule has 0 aromatic heterocycles. The number of esters is 1. The van der Waals surface area contributed by atoms with Crippen molar-refractivity contribution in [1.82, 2.24) is 0 Å². The van der Waals surface area contributed by atoms with Gasteiger partial charge in [-0.05, 0) is 62.0 Å². The highest BCUT2D eigenvalue weighted by atomic mass is 32.1. The second kappa shape index (κ2) is 14.4. The number of carbonyl (C=O) groups is 1. The molecule has 0 aromatic carbocycles. The molecule has 0 radical (unpaired) electrons. The van der Waals surface area contributed by atoms with Crippen molar-refractivity contribution in [1.29, 1.82) is 0 Å². The minimum absolute atomic E-state index is 0.0999. The molecule has 0 bridgehead atoms. The third-order valence-electron chi connectivity index (χ3n) is 3.52. The highest BCUT2D eigenvalue weighted by Crippen LogP contribution is 2.18. The van der Waals surface area contributed by atoms with Crippen LogP contribution in [-0.4, -0.2) is 29.3 Å². The van der Waals surface area contributed by atoms with Crippen LogP contribution in [0.15, 0.2) is 23.8 Å². The summed E-state index contributed by atoms with van der Waals surface area (Å²) < 4.78 is 5.12. The highest BCUT2D eigenvalue weighted by molar-refractivity contribution is 7.80. The van der Waals surface area contributed by atoms with Gasteiger partial charge in [0.15, 0.2) is 0 Å². The summed E-state index contributed by atoms with van der Waals surface area (Å²) >= 11 is 13.0. The second-order valence-electron chi connectivity index (χ2n) is 6.27. The third-order valence-corrected chi connectivity index (χ3v) is 5.02. The summed E-state index contributed by atoms with van der Waals surface area (Å²) in [5.74, 6) is 3.31. The molecule has 5 heteroatoms. The lowest BCUT2D eigenvalue weighted by molar-refractivity contribution is -0.141. The first kappa shape index (κ1) is 23.0. The molecule has 0 N–H and O–H groups in total. The zero-order valence-corrected chi connectivity index (χ0v) is 17.3. The number of hydrogen-bond acceptors (Lipinski definition) is 5. The quantitative estimate of drug-likeness (QED) is 0.193. The van der Waals surface area contributed by atoms with Crippen molar-refractivity contribution < 1.29 is 9.53 Å². The van der Waals surface area contributed by atoms with Gasteiger partial charge < -0.3 is 4.74 Å². The fraction of sp³-hybridized carbons (Fsp3) is 0.722. The summed E-state index contributed by atoms with van der Waals surface area (Å²) in [7, 11) is 0. The largest absolute Gasteiger partial charge is 0.460 e. The molecule has 0 aromatic rings. The van der Waals surface area contributed by atoms with Gasteiger partial charge in [0.05, 0.1) is 6.10 Å². The molecule has 0 heterocycles. The Balaban J connectivity index is 4.32. The van der Waals surface area contributed by atoms with E-state index in [1.165, 1.54) is 25.3 Å². The first-order valence-electron chi connectivity index (χ1n) is 8.33. The normalized spacial score (nSPS) is 15.2. The Bertz CT molecular complexity index is 378. The standard InChI is InChI=1S/C18H32O2S3/c1-14(2)20-18(19)10-17(13-23)9-5-8-16(12-22)7-4-6-15(3)11-21/h5,9-10,14-16,21-23H,4,6-8,11-13H2,1-3H3. The molecule has 2 atom stereocenters. The van der Waals surface area contributed by atoms with Crippen molar-refractivity contribution in [2.45, 2.75) is 52.6 Å². The fourth-order valence-electron chi connectivity index (χ4n) is 2.11. The van der Waals surface area contributed by atoms with Gasteiger partial charge in [0, 0.05) is 11.8 Å². The number of rotatable bonds is 12. The van der Waals surface area contributed by atoms with E-state index >= 15 is 0 Å². The maximum atomic E-state index is 11.6. The molecular weight excluding hydrogens is 344 g/mol. The number of hydrogen-bond donors (Lipinski definition) is 3. The number of allylic oxidation sites excluding steroid dienone is 2. The van der Waals surface area contributed by atoms with E-state index in [0.717, 1.165) is 23.5 Å². The average molecular weight is 377 g/mol. The van der Waals surface area contributed by atoms with Gasteiger partial charge in [-0.1, -0.05) is 25.5 Å². The van der Waals surface area contributed by atoms with E-state index in [1.807, 2.05) is 19.9 Å².